The van der Waals surface area contributed by atoms with Gasteiger partial charge in [-0.1, -0.05) is 18.2 Å². The van der Waals surface area contributed by atoms with E-state index < -0.39 is 11.7 Å². The summed E-state index contributed by atoms with van der Waals surface area (Å²) in [6, 6.07) is 8.41. The molecule has 0 spiro atoms. The number of H-pyrrole nitrogens is 1. The molecule has 27 heavy (non-hydrogen) atoms. The molecule has 3 rings (SSSR count). The number of hydrogen-bond donors (Lipinski definition) is 2. The third kappa shape index (κ3) is 4.67. The predicted octanol–water partition coefficient (Wildman–Crippen LogP) is 2.66. The van der Waals surface area contributed by atoms with Gasteiger partial charge in [0.1, 0.15) is 5.60 Å². The summed E-state index contributed by atoms with van der Waals surface area (Å²) in [5.74, 6) is -0.201. The molecule has 0 radical (unpaired) electrons. The fourth-order valence-electron chi connectivity index (χ4n) is 3.31. The Morgan fingerprint density at radius 3 is 2.74 bits per heavy atom. The number of amides is 2. The van der Waals surface area contributed by atoms with Crippen LogP contribution in [0, 0.1) is 0 Å². The largest absolute Gasteiger partial charge is 0.444 e. The van der Waals surface area contributed by atoms with E-state index in [-0.39, 0.29) is 17.5 Å². The lowest BCUT2D eigenvalue weighted by molar-refractivity contribution is 0.0452. The van der Waals surface area contributed by atoms with Gasteiger partial charge in [0, 0.05) is 36.1 Å². The number of aromatic amines is 1. The van der Waals surface area contributed by atoms with Crippen molar-refractivity contribution in [1.29, 1.82) is 0 Å². The van der Waals surface area contributed by atoms with Gasteiger partial charge in [-0.15, -0.1) is 0 Å². The third-order valence-corrected chi connectivity index (χ3v) is 4.41. The zero-order chi connectivity index (χ0) is 19.6. The van der Waals surface area contributed by atoms with Crippen LogP contribution in [0.25, 0.3) is 10.9 Å². The van der Waals surface area contributed by atoms with Crippen LogP contribution in [0.2, 0.25) is 0 Å². The Bertz CT molecular complexity index is 913. The standard InChI is InChI=1S/C20H25N3O4/c1-20(2,3)27-19(26)21-13-7-6-10-23(12-13)18(25)15-11-17(24)22-16-9-5-4-8-14(15)16/h4-5,8-9,11,13H,6-7,10,12H2,1-3H3,(H,21,26)(H,22,24). The summed E-state index contributed by atoms with van der Waals surface area (Å²) in [5.41, 5.74) is 0.136. The topological polar surface area (TPSA) is 91.5 Å². The summed E-state index contributed by atoms with van der Waals surface area (Å²) >= 11 is 0. The average molecular weight is 371 g/mol. The fourth-order valence-corrected chi connectivity index (χ4v) is 3.31. The molecule has 1 atom stereocenters. The van der Waals surface area contributed by atoms with Crippen LogP contribution in [-0.2, 0) is 4.74 Å². The number of hydrogen-bond acceptors (Lipinski definition) is 4. The van der Waals surface area contributed by atoms with Crippen LogP contribution in [0.4, 0.5) is 4.79 Å². The van der Waals surface area contributed by atoms with Gasteiger partial charge in [0.05, 0.1) is 5.56 Å². The number of likely N-dealkylation sites (tertiary alicyclic amines) is 1. The highest BCUT2D eigenvalue weighted by Crippen LogP contribution is 2.19. The van der Waals surface area contributed by atoms with Gasteiger partial charge in [0.25, 0.3) is 5.91 Å². The molecule has 1 aromatic carbocycles. The summed E-state index contributed by atoms with van der Waals surface area (Å²) in [5, 5.41) is 3.55. The summed E-state index contributed by atoms with van der Waals surface area (Å²) in [4.78, 5) is 41.4. The van der Waals surface area contributed by atoms with Gasteiger partial charge >= 0.3 is 6.09 Å². The van der Waals surface area contributed by atoms with E-state index in [1.807, 2.05) is 18.2 Å². The number of ether oxygens (including phenoxy) is 1. The Hall–Kier alpha value is -2.83. The average Bonchev–Trinajstić information content (AvgIpc) is 2.59. The van der Waals surface area contributed by atoms with E-state index in [0.29, 0.717) is 29.6 Å². The van der Waals surface area contributed by atoms with Gasteiger partial charge < -0.3 is 19.9 Å². The lowest BCUT2D eigenvalue weighted by Crippen LogP contribution is -2.50. The monoisotopic (exact) mass is 371 g/mol. The zero-order valence-corrected chi connectivity index (χ0v) is 15.9. The fraction of sp³-hybridized carbons (Fsp3) is 0.450. The molecular weight excluding hydrogens is 346 g/mol. The molecule has 1 fully saturated rings. The molecule has 1 aliphatic heterocycles. The molecule has 1 aliphatic rings. The first kappa shape index (κ1) is 18.9. The normalized spacial score (nSPS) is 17.6. The van der Waals surface area contributed by atoms with Crippen LogP contribution in [0.3, 0.4) is 0 Å². The molecule has 0 bridgehead atoms. The number of rotatable bonds is 2. The molecule has 1 aromatic heterocycles. The highest BCUT2D eigenvalue weighted by Gasteiger charge is 2.28. The number of pyridine rings is 1. The maximum Gasteiger partial charge on any atom is 0.407 e. The smallest absolute Gasteiger partial charge is 0.407 e. The number of aromatic nitrogens is 1. The van der Waals surface area contributed by atoms with Crippen molar-refractivity contribution in [2.45, 2.75) is 45.3 Å². The third-order valence-electron chi connectivity index (χ3n) is 4.41. The van der Waals surface area contributed by atoms with Crippen molar-refractivity contribution in [2.75, 3.05) is 13.1 Å². The second-order valence-corrected chi connectivity index (χ2v) is 7.83. The number of nitrogens with zero attached hydrogens (tertiary/aromatic N) is 1. The van der Waals surface area contributed by atoms with Crippen LogP contribution in [0.5, 0.6) is 0 Å². The highest BCUT2D eigenvalue weighted by molar-refractivity contribution is 6.06. The highest BCUT2D eigenvalue weighted by atomic mass is 16.6. The summed E-state index contributed by atoms with van der Waals surface area (Å²) in [6.07, 6.45) is 1.07. The van der Waals surface area contributed by atoms with Crippen molar-refractivity contribution >= 4 is 22.9 Å². The molecule has 144 valence electrons. The number of fused-ring (bicyclic) bond motifs is 1. The Kier molecular flexibility index (Phi) is 5.21. The lowest BCUT2D eigenvalue weighted by Gasteiger charge is -2.33. The van der Waals surface area contributed by atoms with Crippen molar-refractivity contribution in [1.82, 2.24) is 15.2 Å². The van der Waals surface area contributed by atoms with Gasteiger partial charge in [0.15, 0.2) is 0 Å². The van der Waals surface area contributed by atoms with E-state index in [4.69, 9.17) is 4.74 Å². The minimum absolute atomic E-state index is 0.175. The van der Waals surface area contributed by atoms with E-state index >= 15 is 0 Å². The van der Waals surface area contributed by atoms with Crippen LogP contribution in [-0.4, -0.2) is 46.6 Å². The van der Waals surface area contributed by atoms with Crippen LogP contribution < -0.4 is 10.9 Å². The van der Waals surface area contributed by atoms with Crippen molar-refractivity contribution in [3.8, 4) is 0 Å². The van der Waals surface area contributed by atoms with Crippen molar-refractivity contribution in [3.05, 3.63) is 46.2 Å². The molecule has 2 aromatic rings. The molecule has 2 heterocycles. The number of piperidine rings is 1. The first-order chi connectivity index (χ1) is 12.7. The number of benzene rings is 1. The number of carbonyl (C=O) groups excluding carboxylic acids is 2. The number of alkyl carbamates (subject to hydrolysis) is 1. The van der Waals surface area contributed by atoms with Gasteiger partial charge in [-0.3, -0.25) is 9.59 Å². The molecule has 1 saturated heterocycles. The molecule has 7 nitrogen and oxygen atoms in total. The predicted molar refractivity (Wildman–Crippen MR) is 103 cm³/mol. The molecule has 1 unspecified atom stereocenters. The number of nitrogens with one attached hydrogen (secondary N) is 2. The van der Waals surface area contributed by atoms with E-state index in [0.717, 1.165) is 12.8 Å². The van der Waals surface area contributed by atoms with Gasteiger partial charge in [-0.25, -0.2) is 4.79 Å². The minimum atomic E-state index is -0.571. The van der Waals surface area contributed by atoms with Crippen LogP contribution in [0.15, 0.2) is 35.1 Å². The maximum atomic E-state index is 13.1. The van der Waals surface area contributed by atoms with Gasteiger partial charge in [-0.05, 0) is 39.7 Å². The van der Waals surface area contributed by atoms with E-state index in [2.05, 4.69) is 10.3 Å². The SMILES string of the molecule is CC(C)(C)OC(=O)NC1CCCN(C(=O)c2cc(=O)[nH]c3ccccc23)C1. The van der Waals surface area contributed by atoms with Crippen molar-refractivity contribution in [3.63, 3.8) is 0 Å². The van der Waals surface area contributed by atoms with Crippen LogP contribution >= 0.6 is 0 Å². The molecule has 0 saturated carbocycles. The van der Waals surface area contributed by atoms with Crippen molar-refractivity contribution in [2.24, 2.45) is 0 Å². The Morgan fingerprint density at radius 2 is 2.00 bits per heavy atom. The maximum absolute atomic E-state index is 13.1. The van der Waals surface area contributed by atoms with Crippen LogP contribution in [0.1, 0.15) is 44.0 Å². The minimum Gasteiger partial charge on any atom is -0.444 e. The first-order valence-electron chi connectivity index (χ1n) is 9.14. The van der Waals surface area contributed by atoms with E-state index in [1.54, 1.807) is 31.7 Å². The van der Waals surface area contributed by atoms with Gasteiger partial charge in [0.2, 0.25) is 5.56 Å². The quantitative estimate of drug-likeness (QED) is 0.849. The number of para-hydroxylation sites is 1. The molecule has 0 aliphatic carbocycles. The Labute approximate surface area is 157 Å². The molecular formula is C20H25N3O4. The number of carbonyl (C=O) groups is 2. The van der Waals surface area contributed by atoms with Crippen molar-refractivity contribution < 1.29 is 14.3 Å². The molecule has 2 N–H and O–H groups in total. The van der Waals surface area contributed by atoms with E-state index in [9.17, 15) is 14.4 Å². The summed E-state index contributed by atoms with van der Waals surface area (Å²) in [7, 11) is 0. The van der Waals surface area contributed by atoms with E-state index in [1.165, 1.54) is 6.07 Å². The second-order valence-electron chi connectivity index (χ2n) is 7.83. The molecule has 2 amide bonds. The van der Waals surface area contributed by atoms with Gasteiger partial charge in [-0.2, -0.15) is 0 Å². The molecule has 7 heteroatoms. The summed E-state index contributed by atoms with van der Waals surface area (Å²) < 4.78 is 5.30. The lowest BCUT2D eigenvalue weighted by atomic mass is 10.0. The Balaban J connectivity index is 1.76. The first-order valence-corrected chi connectivity index (χ1v) is 9.14. The Morgan fingerprint density at radius 1 is 1.26 bits per heavy atom. The second kappa shape index (κ2) is 7.42. The zero-order valence-electron chi connectivity index (χ0n) is 15.9. The summed E-state index contributed by atoms with van der Waals surface area (Å²) in [6.45, 7) is 6.40.